The van der Waals surface area contributed by atoms with Gasteiger partial charge in [0.1, 0.15) is 0 Å². The molecule has 1 atom stereocenters. The molecule has 102 valence electrons. The zero-order valence-electron chi connectivity index (χ0n) is 11.3. The Kier molecular flexibility index (Phi) is 6.68. The maximum atomic E-state index is 9.55. The lowest BCUT2D eigenvalue weighted by molar-refractivity contribution is 0.154. The number of ether oxygens (including phenoxy) is 1. The number of aliphatic hydroxyl groups is 1. The first-order valence-corrected chi connectivity index (χ1v) is 7.19. The molecule has 18 heavy (non-hydrogen) atoms. The van der Waals surface area contributed by atoms with Crippen LogP contribution in [0.2, 0.25) is 0 Å². The van der Waals surface area contributed by atoms with Gasteiger partial charge in [0.15, 0.2) is 0 Å². The van der Waals surface area contributed by atoms with Crippen molar-refractivity contribution in [2.45, 2.75) is 26.9 Å². The van der Waals surface area contributed by atoms with Crippen molar-refractivity contribution in [3.8, 4) is 0 Å². The first-order valence-electron chi connectivity index (χ1n) is 6.40. The van der Waals surface area contributed by atoms with Crippen LogP contribution >= 0.6 is 15.9 Å². The summed E-state index contributed by atoms with van der Waals surface area (Å²) in [4.78, 5) is 2.26. The van der Waals surface area contributed by atoms with Gasteiger partial charge in [-0.15, -0.1) is 0 Å². The fourth-order valence-electron chi connectivity index (χ4n) is 1.81. The van der Waals surface area contributed by atoms with E-state index in [-0.39, 0.29) is 0 Å². The highest BCUT2D eigenvalue weighted by Gasteiger charge is 2.10. The highest BCUT2D eigenvalue weighted by Crippen LogP contribution is 2.29. The van der Waals surface area contributed by atoms with Gasteiger partial charge in [-0.05, 0) is 54.4 Å². The summed E-state index contributed by atoms with van der Waals surface area (Å²) in [6.07, 6.45) is -0.436. The molecule has 1 aromatic carbocycles. The van der Waals surface area contributed by atoms with Crippen LogP contribution in [-0.2, 0) is 4.74 Å². The Bertz CT molecular complexity index is 369. The van der Waals surface area contributed by atoms with E-state index in [1.54, 1.807) is 6.92 Å². The number of hydrogen-bond acceptors (Lipinski definition) is 3. The Morgan fingerprint density at radius 2 is 2.11 bits per heavy atom. The summed E-state index contributed by atoms with van der Waals surface area (Å²) in [5.74, 6) is 0. The molecule has 1 rings (SSSR count). The van der Waals surface area contributed by atoms with E-state index in [0.29, 0.717) is 0 Å². The molecular formula is C14H22BrNO2. The quantitative estimate of drug-likeness (QED) is 0.783. The van der Waals surface area contributed by atoms with E-state index in [4.69, 9.17) is 4.74 Å². The molecule has 0 radical (unpaired) electrons. The van der Waals surface area contributed by atoms with Crippen molar-refractivity contribution < 1.29 is 9.84 Å². The Morgan fingerprint density at radius 1 is 1.39 bits per heavy atom. The molecule has 4 heteroatoms. The first-order chi connectivity index (χ1) is 8.60. The third kappa shape index (κ3) is 4.26. The number of anilines is 1. The largest absolute Gasteiger partial charge is 0.389 e. The Labute approximate surface area is 118 Å². The number of halogens is 1. The average Bonchev–Trinajstić information content (AvgIpc) is 2.35. The maximum Gasteiger partial charge on any atom is 0.0762 e. The molecule has 0 saturated heterocycles. The molecule has 0 aromatic heterocycles. The molecular weight excluding hydrogens is 294 g/mol. The maximum absolute atomic E-state index is 9.55. The first kappa shape index (κ1) is 15.5. The third-order valence-corrected chi connectivity index (χ3v) is 3.52. The minimum Gasteiger partial charge on any atom is -0.389 e. The highest BCUT2D eigenvalue weighted by atomic mass is 79.9. The molecule has 1 N–H and O–H groups in total. The summed E-state index contributed by atoms with van der Waals surface area (Å²) >= 11 is 3.57. The molecule has 1 aromatic rings. The van der Waals surface area contributed by atoms with Gasteiger partial charge in [0, 0.05) is 24.2 Å². The van der Waals surface area contributed by atoms with Crippen LogP contribution in [0.1, 0.15) is 32.4 Å². The van der Waals surface area contributed by atoms with Crippen LogP contribution in [-0.4, -0.2) is 31.4 Å². The van der Waals surface area contributed by atoms with E-state index >= 15 is 0 Å². The van der Waals surface area contributed by atoms with Crippen molar-refractivity contribution in [2.24, 2.45) is 0 Å². The van der Waals surface area contributed by atoms with Crippen molar-refractivity contribution >= 4 is 21.6 Å². The standard InChI is InChI=1S/C14H22BrNO2/c1-4-16(8-9-18-5-2)14-7-6-12(11(3)17)10-13(14)15/h6-7,10-11,17H,4-5,8-9H2,1-3H3/t11-/m0/s1. The molecule has 0 aliphatic rings. The van der Waals surface area contributed by atoms with E-state index in [1.807, 2.05) is 25.1 Å². The van der Waals surface area contributed by atoms with Crippen LogP contribution in [0.5, 0.6) is 0 Å². The zero-order valence-corrected chi connectivity index (χ0v) is 12.9. The third-order valence-electron chi connectivity index (χ3n) is 2.89. The van der Waals surface area contributed by atoms with Crippen LogP contribution in [0.15, 0.2) is 22.7 Å². The van der Waals surface area contributed by atoms with Crippen molar-refractivity contribution in [1.29, 1.82) is 0 Å². The van der Waals surface area contributed by atoms with Gasteiger partial charge in [0.2, 0.25) is 0 Å². The second-order valence-corrected chi connectivity index (χ2v) is 5.02. The summed E-state index contributed by atoms with van der Waals surface area (Å²) < 4.78 is 6.41. The monoisotopic (exact) mass is 315 g/mol. The van der Waals surface area contributed by atoms with Crippen LogP contribution in [0, 0.1) is 0 Å². The van der Waals surface area contributed by atoms with Gasteiger partial charge in [-0.2, -0.15) is 0 Å². The number of nitrogens with zero attached hydrogens (tertiary/aromatic N) is 1. The highest BCUT2D eigenvalue weighted by molar-refractivity contribution is 9.10. The lowest BCUT2D eigenvalue weighted by Crippen LogP contribution is -2.27. The lowest BCUT2D eigenvalue weighted by atomic mass is 10.1. The van der Waals surface area contributed by atoms with Crippen molar-refractivity contribution in [2.75, 3.05) is 31.2 Å². The number of benzene rings is 1. The molecule has 0 heterocycles. The fourth-order valence-corrected chi connectivity index (χ4v) is 2.45. The minimum absolute atomic E-state index is 0.436. The lowest BCUT2D eigenvalue weighted by Gasteiger charge is -2.24. The molecule has 0 spiro atoms. The zero-order chi connectivity index (χ0) is 13.5. The summed E-state index contributed by atoms with van der Waals surface area (Å²) in [5.41, 5.74) is 2.06. The van der Waals surface area contributed by atoms with E-state index in [0.717, 1.165) is 42.0 Å². The Morgan fingerprint density at radius 3 is 2.61 bits per heavy atom. The summed E-state index contributed by atoms with van der Waals surface area (Å²) in [7, 11) is 0. The van der Waals surface area contributed by atoms with Crippen molar-refractivity contribution in [1.82, 2.24) is 0 Å². The van der Waals surface area contributed by atoms with E-state index < -0.39 is 6.10 Å². The Balaban J connectivity index is 2.79. The van der Waals surface area contributed by atoms with E-state index in [9.17, 15) is 5.11 Å². The summed E-state index contributed by atoms with van der Waals surface area (Å²) in [5, 5.41) is 9.55. The fraction of sp³-hybridized carbons (Fsp3) is 0.571. The normalized spacial score (nSPS) is 12.5. The van der Waals surface area contributed by atoms with Crippen molar-refractivity contribution in [3.05, 3.63) is 28.2 Å². The average molecular weight is 316 g/mol. The van der Waals surface area contributed by atoms with Crippen LogP contribution < -0.4 is 4.90 Å². The topological polar surface area (TPSA) is 32.7 Å². The minimum atomic E-state index is -0.436. The number of rotatable bonds is 7. The van der Waals surface area contributed by atoms with Crippen molar-refractivity contribution in [3.63, 3.8) is 0 Å². The number of aliphatic hydroxyl groups excluding tert-OH is 1. The predicted octanol–water partition coefficient (Wildman–Crippen LogP) is 3.37. The molecule has 0 fully saturated rings. The van der Waals surface area contributed by atoms with Crippen LogP contribution in [0.25, 0.3) is 0 Å². The van der Waals surface area contributed by atoms with E-state index in [2.05, 4.69) is 27.8 Å². The molecule has 0 unspecified atom stereocenters. The second-order valence-electron chi connectivity index (χ2n) is 4.16. The van der Waals surface area contributed by atoms with Crippen LogP contribution in [0.4, 0.5) is 5.69 Å². The molecule has 0 bridgehead atoms. The molecule has 0 aliphatic carbocycles. The predicted molar refractivity (Wildman–Crippen MR) is 79.2 cm³/mol. The van der Waals surface area contributed by atoms with Gasteiger partial charge in [-0.25, -0.2) is 0 Å². The summed E-state index contributed by atoms with van der Waals surface area (Å²) in [6, 6.07) is 5.99. The SMILES string of the molecule is CCOCCN(CC)c1ccc([C@H](C)O)cc1Br. The summed E-state index contributed by atoms with van der Waals surface area (Å²) in [6.45, 7) is 9.18. The molecule has 0 saturated carbocycles. The van der Waals surface area contributed by atoms with Gasteiger partial charge in [-0.1, -0.05) is 6.07 Å². The van der Waals surface area contributed by atoms with E-state index in [1.165, 1.54) is 0 Å². The van der Waals surface area contributed by atoms with Gasteiger partial charge in [0.05, 0.1) is 18.4 Å². The molecule has 0 amide bonds. The van der Waals surface area contributed by atoms with Crippen LogP contribution in [0.3, 0.4) is 0 Å². The second kappa shape index (κ2) is 7.77. The number of hydrogen-bond donors (Lipinski definition) is 1. The molecule has 0 aliphatic heterocycles. The van der Waals surface area contributed by atoms with Gasteiger partial charge < -0.3 is 14.7 Å². The smallest absolute Gasteiger partial charge is 0.0762 e. The van der Waals surface area contributed by atoms with Gasteiger partial charge in [0.25, 0.3) is 0 Å². The molecule has 3 nitrogen and oxygen atoms in total. The van der Waals surface area contributed by atoms with Gasteiger partial charge in [-0.3, -0.25) is 0 Å². The number of likely N-dealkylation sites (N-methyl/N-ethyl adjacent to an activating group) is 1. The van der Waals surface area contributed by atoms with Gasteiger partial charge >= 0.3 is 0 Å². The Hall–Kier alpha value is -0.580.